The highest BCUT2D eigenvalue weighted by molar-refractivity contribution is 9.10. The maximum Gasteiger partial charge on any atom is 0.373 e. The van der Waals surface area contributed by atoms with Crippen molar-refractivity contribution in [3.63, 3.8) is 0 Å². The van der Waals surface area contributed by atoms with E-state index in [2.05, 4.69) is 30.9 Å². The van der Waals surface area contributed by atoms with E-state index in [1.165, 1.54) is 6.33 Å². The summed E-state index contributed by atoms with van der Waals surface area (Å²) < 4.78 is 6.71. The van der Waals surface area contributed by atoms with Crippen molar-refractivity contribution < 1.29 is 9.66 Å². The largest absolute Gasteiger partial charge is 0.431 e. The second-order valence-electron chi connectivity index (χ2n) is 6.05. The van der Waals surface area contributed by atoms with Crippen molar-refractivity contribution in [1.82, 2.24) is 15.0 Å². The van der Waals surface area contributed by atoms with Crippen LogP contribution in [0.5, 0.6) is 11.6 Å². The number of pyridine rings is 1. The Balaban J connectivity index is 1.82. The fourth-order valence-electron chi connectivity index (χ4n) is 2.91. The van der Waals surface area contributed by atoms with Gasteiger partial charge in [-0.2, -0.15) is 4.98 Å². The van der Waals surface area contributed by atoms with Gasteiger partial charge in [-0.25, -0.2) is 4.98 Å². The SMILES string of the molecule is CN(c1ccccc1)c1ncnc(Oc2ccc(Br)c3cccnc23)c1[N+](=O)[O-]. The minimum absolute atomic E-state index is 0.126. The van der Waals surface area contributed by atoms with Crippen molar-refractivity contribution in [2.24, 2.45) is 0 Å². The minimum atomic E-state index is -0.543. The molecule has 144 valence electrons. The molecule has 0 aliphatic carbocycles. The summed E-state index contributed by atoms with van der Waals surface area (Å²) in [6.07, 6.45) is 2.87. The number of nitrogens with zero attached hydrogens (tertiary/aromatic N) is 5. The number of rotatable bonds is 5. The van der Waals surface area contributed by atoms with Gasteiger partial charge in [0.15, 0.2) is 5.75 Å². The van der Waals surface area contributed by atoms with Crippen molar-refractivity contribution in [3.05, 3.63) is 81.7 Å². The third-order valence-electron chi connectivity index (χ3n) is 4.30. The standard InChI is InChI=1S/C20H14BrN5O3/c1-25(13-6-3-2-4-7-13)19-18(26(27)28)20(24-12-23-19)29-16-10-9-15(21)14-8-5-11-22-17(14)16/h2-12H,1H3. The van der Waals surface area contributed by atoms with E-state index in [4.69, 9.17) is 4.74 Å². The topological polar surface area (TPSA) is 94.3 Å². The zero-order chi connectivity index (χ0) is 20.4. The first-order valence-corrected chi connectivity index (χ1v) is 9.35. The molecule has 0 N–H and O–H groups in total. The van der Waals surface area contributed by atoms with Crippen LogP contribution in [-0.4, -0.2) is 26.9 Å². The van der Waals surface area contributed by atoms with Crippen LogP contribution in [0.1, 0.15) is 0 Å². The molecule has 0 radical (unpaired) electrons. The van der Waals surface area contributed by atoms with Crippen LogP contribution in [0, 0.1) is 10.1 Å². The molecule has 0 saturated heterocycles. The first-order chi connectivity index (χ1) is 14.1. The van der Waals surface area contributed by atoms with E-state index in [1.54, 1.807) is 36.3 Å². The van der Waals surface area contributed by atoms with Gasteiger partial charge in [-0.1, -0.05) is 40.2 Å². The Morgan fingerprint density at radius 2 is 1.83 bits per heavy atom. The van der Waals surface area contributed by atoms with Gasteiger partial charge in [-0.3, -0.25) is 15.1 Å². The fourth-order valence-corrected chi connectivity index (χ4v) is 3.36. The number of fused-ring (bicyclic) bond motifs is 1. The molecule has 0 amide bonds. The number of anilines is 2. The Morgan fingerprint density at radius 3 is 2.59 bits per heavy atom. The predicted molar refractivity (Wildman–Crippen MR) is 113 cm³/mol. The van der Waals surface area contributed by atoms with Gasteiger partial charge in [0.25, 0.3) is 0 Å². The molecule has 0 saturated carbocycles. The molecule has 29 heavy (non-hydrogen) atoms. The van der Waals surface area contributed by atoms with E-state index in [0.29, 0.717) is 11.3 Å². The lowest BCUT2D eigenvalue weighted by atomic mass is 10.2. The first-order valence-electron chi connectivity index (χ1n) is 8.55. The van der Waals surface area contributed by atoms with Crippen molar-refractivity contribution in [3.8, 4) is 11.6 Å². The molecule has 4 aromatic rings. The Kier molecular flexibility index (Phi) is 5.05. The van der Waals surface area contributed by atoms with Gasteiger partial charge in [0.2, 0.25) is 5.82 Å². The quantitative estimate of drug-likeness (QED) is 0.301. The molecule has 0 bridgehead atoms. The lowest BCUT2D eigenvalue weighted by molar-refractivity contribution is -0.385. The van der Waals surface area contributed by atoms with Crippen LogP contribution in [-0.2, 0) is 0 Å². The van der Waals surface area contributed by atoms with E-state index in [1.807, 2.05) is 36.4 Å². The Bertz CT molecular complexity index is 1200. The zero-order valence-electron chi connectivity index (χ0n) is 15.2. The average Bonchev–Trinajstić information content (AvgIpc) is 2.75. The number of aromatic nitrogens is 3. The molecule has 0 fully saturated rings. The van der Waals surface area contributed by atoms with Gasteiger partial charge in [0.05, 0.1) is 4.92 Å². The summed E-state index contributed by atoms with van der Waals surface area (Å²) in [6, 6.07) is 16.4. The number of nitro groups is 1. The molecule has 2 aromatic carbocycles. The number of ether oxygens (including phenoxy) is 1. The molecule has 0 spiro atoms. The van der Waals surface area contributed by atoms with Gasteiger partial charge in [0, 0.05) is 28.8 Å². The zero-order valence-corrected chi connectivity index (χ0v) is 16.8. The number of hydrogen-bond donors (Lipinski definition) is 0. The molecule has 0 aliphatic rings. The summed E-state index contributed by atoms with van der Waals surface area (Å²) in [5.41, 5.74) is 0.981. The molecule has 0 aliphatic heterocycles. The average molecular weight is 452 g/mol. The summed E-state index contributed by atoms with van der Waals surface area (Å²) in [5, 5.41) is 12.7. The highest BCUT2D eigenvalue weighted by Gasteiger charge is 2.28. The minimum Gasteiger partial charge on any atom is -0.431 e. The second-order valence-corrected chi connectivity index (χ2v) is 6.90. The van der Waals surface area contributed by atoms with Crippen molar-refractivity contribution in [2.75, 3.05) is 11.9 Å². The summed E-state index contributed by atoms with van der Waals surface area (Å²) in [4.78, 5) is 25.4. The van der Waals surface area contributed by atoms with E-state index in [-0.39, 0.29) is 17.4 Å². The Morgan fingerprint density at radius 1 is 1.03 bits per heavy atom. The lowest BCUT2D eigenvalue weighted by Gasteiger charge is -2.18. The van der Waals surface area contributed by atoms with Crippen LogP contribution in [0.15, 0.2) is 71.6 Å². The Labute approximate surface area is 174 Å². The monoisotopic (exact) mass is 451 g/mol. The van der Waals surface area contributed by atoms with E-state index in [0.717, 1.165) is 15.5 Å². The molecule has 8 nitrogen and oxygen atoms in total. The van der Waals surface area contributed by atoms with Crippen LogP contribution >= 0.6 is 15.9 Å². The number of benzene rings is 2. The smallest absolute Gasteiger partial charge is 0.373 e. The summed E-state index contributed by atoms with van der Waals surface area (Å²) in [6.45, 7) is 0. The molecule has 4 rings (SSSR count). The third-order valence-corrected chi connectivity index (χ3v) is 4.99. The third kappa shape index (κ3) is 3.59. The Hall–Kier alpha value is -3.59. The summed E-state index contributed by atoms with van der Waals surface area (Å²) in [7, 11) is 1.70. The molecule has 0 unspecified atom stereocenters. The molecule has 2 heterocycles. The lowest BCUT2D eigenvalue weighted by Crippen LogP contribution is -2.14. The number of halogens is 1. The number of hydrogen-bond acceptors (Lipinski definition) is 7. The molecular weight excluding hydrogens is 438 g/mol. The van der Waals surface area contributed by atoms with Crippen LogP contribution < -0.4 is 9.64 Å². The predicted octanol–water partition coefficient (Wildman–Crippen LogP) is 5.26. The van der Waals surface area contributed by atoms with E-state index >= 15 is 0 Å². The highest BCUT2D eigenvalue weighted by atomic mass is 79.9. The second kappa shape index (κ2) is 7.80. The highest BCUT2D eigenvalue weighted by Crippen LogP contribution is 2.40. The first kappa shape index (κ1) is 18.8. The van der Waals surface area contributed by atoms with Crippen LogP contribution in [0.4, 0.5) is 17.2 Å². The maximum atomic E-state index is 11.9. The summed E-state index contributed by atoms with van der Waals surface area (Å²) >= 11 is 3.47. The van der Waals surface area contributed by atoms with Gasteiger partial charge in [0.1, 0.15) is 11.8 Å². The number of para-hydroxylation sites is 1. The van der Waals surface area contributed by atoms with Crippen LogP contribution in [0.2, 0.25) is 0 Å². The maximum absolute atomic E-state index is 11.9. The van der Waals surface area contributed by atoms with E-state index in [9.17, 15) is 10.1 Å². The van der Waals surface area contributed by atoms with Gasteiger partial charge < -0.3 is 9.64 Å². The van der Waals surface area contributed by atoms with Gasteiger partial charge in [-0.05, 0) is 30.3 Å². The van der Waals surface area contributed by atoms with Crippen molar-refractivity contribution in [2.45, 2.75) is 0 Å². The molecular formula is C20H14BrN5O3. The molecule has 9 heteroatoms. The summed E-state index contributed by atoms with van der Waals surface area (Å²) in [5.74, 6) is 0.330. The fraction of sp³-hybridized carbons (Fsp3) is 0.0500. The molecule has 2 aromatic heterocycles. The molecule has 0 atom stereocenters. The van der Waals surface area contributed by atoms with Crippen molar-refractivity contribution in [1.29, 1.82) is 0 Å². The van der Waals surface area contributed by atoms with Crippen LogP contribution in [0.3, 0.4) is 0 Å². The van der Waals surface area contributed by atoms with Gasteiger partial charge >= 0.3 is 11.6 Å². The van der Waals surface area contributed by atoms with Gasteiger partial charge in [-0.15, -0.1) is 0 Å². The van der Waals surface area contributed by atoms with E-state index < -0.39 is 4.92 Å². The van der Waals surface area contributed by atoms with Crippen molar-refractivity contribution >= 4 is 44.0 Å². The van der Waals surface area contributed by atoms with Crippen LogP contribution in [0.25, 0.3) is 10.9 Å². The normalized spacial score (nSPS) is 10.7.